The highest BCUT2D eigenvalue weighted by Crippen LogP contribution is 2.28. The first-order valence-corrected chi connectivity index (χ1v) is 11.7. The molecule has 0 aliphatic heterocycles. The molecule has 37 heavy (non-hydrogen) atoms. The fraction of sp³-hybridized carbons (Fsp3) is 0.0345. The van der Waals surface area contributed by atoms with Crippen LogP contribution in [-0.2, 0) is 0 Å². The Labute approximate surface area is 217 Å². The highest BCUT2D eigenvalue weighted by molar-refractivity contribution is 6.30. The average molecular weight is 510 g/mol. The number of carbonyl (C=O) groups is 1. The van der Waals surface area contributed by atoms with Gasteiger partial charge in [0.15, 0.2) is 17.3 Å². The number of aromatic nitrogens is 2. The second kappa shape index (κ2) is 10.5. The standard InChI is InChI=1S/C29H20ClN3O4/c1-36-26-17-19(11-16-25(26)37-29(35)21-7-3-2-4-8-21)18-31-33-27(20-12-14-22(30)15-13-20)32-24-10-6-5-9-23(24)28(33)34/h2-18H,1H3. The number of nitrogens with zero attached hydrogens (tertiary/aromatic N) is 3. The third kappa shape index (κ3) is 5.12. The van der Waals surface area contributed by atoms with E-state index in [1.54, 1.807) is 84.9 Å². The Kier molecular flexibility index (Phi) is 6.78. The van der Waals surface area contributed by atoms with Crippen molar-refractivity contribution in [2.75, 3.05) is 7.11 Å². The molecule has 0 spiro atoms. The number of fused-ring (bicyclic) bond motifs is 1. The van der Waals surface area contributed by atoms with Crippen LogP contribution in [0.3, 0.4) is 0 Å². The van der Waals surface area contributed by atoms with Crippen molar-refractivity contribution in [1.82, 2.24) is 9.66 Å². The molecule has 7 nitrogen and oxygen atoms in total. The molecule has 0 N–H and O–H groups in total. The molecule has 0 bridgehead atoms. The minimum atomic E-state index is -0.498. The molecule has 0 saturated carbocycles. The lowest BCUT2D eigenvalue weighted by Crippen LogP contribution is -2.20. The van der Waals surface area contributed by atoms with Crippen molar-refractivity contribution >= 4 is 34.7 Å². The summed E-state index contributed by atoms with van der Waals surface area (Å²) in [7, 11) is 1.48. The molecule has 1 aromatic heterocycles. The Morgan fingerprint density at radius 1 is 0.919 bits per heavy atom. The highest BCUT2D eigenvalue weighted by Gasteiger charge is 2.14. The number of esters is 1. The summed E-state index contributed by atoms with van der Waals surface area (Å²) in [5.41, 5.74) is 1.99. The zero-order chi connectivity index (χ0) is 25.8. The predicted octanol–water partition coefficient (Wildman–Crippen LogP) is 5.83. The number of hydrogen-bond donors (Lipinski definition) is 0. The number of halogens is 1. The lowest BCUT2D eigenvalue weighted by atomic mass is 10.2. The fourth-order valence-corrected chi connectivity index (χ4v) is 3.85. The maximum atomic E-state index is 13.3. The monoisotopic (exact) mass is 509 g/mol. The first-order chi connectivity index (χ1) is 18.0. The van der Waals surface area contributed by atoms with Gasteiger partial charge in [0.1, 0.15) is 0 Å². The van der Waals surface area contributed by atoms with Gasteiger partial charge in [0, 0.05) is 10.6 Å². The Morgan fingerprint density at radius 3 is 2.41 bits per heavy atom. The lowest BCUT2D eigenvalue weighted by Gasteiger charge is -2.11. The van der Waals surface area contributed by atoms with Crippen molar-refractivity contribution in [2.24, 2.45) is 5.10 Å². The first-order valence-electron chi connectivity index (χ1n) is 11.3. The van der Waals surface area contributed by atoms with Crippen LogP contribution in [0.4, 0.5) is 0 Å². The molecule has 182 valence electrons. The Morgan fingerprint density at radius 2 is 1.65 bits per heavy atom. The van der Waals surface area contributed by atoms with E-state index in [0.29, 0.717) is 44.2 Å². The van der Waals surface area contributed by atoms with Crippen LogP contribution in [0.5, 0.6) is 11.5 Å². The van der Waals surface area contributed by atoms with Crippen molar-refractivity contribution in [3.8, 4) is 22.9 Å². The number of rotatable bonds is 6. The second-order valence-electron chi connectivity index (χ2n) is 7.99. The quantitative estimate of drug-likeness (QED) is 0.163. The molecule has 0 fully saturated rings. The van der Waals surface area contributed by atoms with Crippen LogP contribution in [-0.4, -0.2) is 29.0 Å². The molecule has 0 aliphatic rings. The second-order valence-corrected chi connectivity index (χ2v) is 8.42. The zero-order valence-electron chi connectivity index (χ0n) is 19.7. The third-order valence-electron chi connectivity index (χ3n) is 5.58. The summed E-state index contributed by atoms with van der Waals surface area (Å²) in [4.78, 5) is 30.5. The number of ether oxygens (including phenoxy) is 2. The van der Waals surface area contributed by atoms with Gasteiger partial charge in [0.2, 0.25) is 0 Å². The summed E-state index contributed by atoms with van der Waals surface area (Å²) in [5.74, 6) is 0.480. The van der Waals surface area contributed by atoms with Crippen LogP contribution in [0, 0.1) is 0 Å². The third-order valence-corrected chi connectivity index (χ3v) is 5.83. The molecule has 5 rings (SSSR count). The number of hydrogen-bond acceptors (Lipinski definition) is 6. The fourth-order valence-electron chi connectivity index (χ4n) is 3.72. The van der Waals surface area contributed by atoms with E-state index in [2.05, 4.69) is 10.1 Å². The van der Waals surface area contributed by atoms with Crippen molar-refractivity contribution in [3.05, 3.63) is 124 Å². The van der Waals surface area contributed by atoms with Crippen LogP contribution < -0.4 is 15.0 Å². The molecule has 4 aromatic carbocycles. The first kappa shape index (κ1) is 24.0. The summed E-state index contributed by atoms with van der Waals surface area (Å²) in [6.45, 7) is 0. The van der Waals surface area contributed by atoms with Crippen molar-refractivity contribution < 1.29 is 14.3 Å². The summed E-state index contributed by atoms with van der Waals surface area (Å²) in [6.07, 6.45) is 1.52. The van der Waals surface area contributed by atoms with Crippen LogP contribution in [0.2, 0.25) is 5.02 Å². The van der Waals surface area contributed by atoms with Gasteiger partial charge >= 0.3 is 5.97 Å². The molecule has 0 radical (unpaired) electrons. The number of para-hydroxylation sites is 1. The molecular formula is C29H20ClN3O4. The smallest absolute Gasteiger partial charge is 0.343 e. The molecule has 0 unspecified atom stereocenters. The van der Waals surface area contributed by atoms with Crippen molar-refractivity contribution in [1.29, 1.82) is 0 Å². The van der Waals surface area contributed by atoms with E-state index >= 15 is 0 Å². The van der Waals surface area contributed by atoms with Crippen LogP contribution in [0.25, 0.3) is 22.3 Å². The van der Waals surface area contributed by atoms with Gasteiger partial charge in [0.05, 0.1) is 29.8 Å². The molecule has 0 saturated heterocycles. The van der Waals surface area contributed by atoms with Gasteiger partial charge in [-0.25, -0.2) is 9.78 Å². The largest absolute Gasteiger partial charge is 0.493 e. The molecule has 1 heterocycles. The number of benzene rings is 4. The van der Waals surface area contributed by atoms with E-state index < -0.39 is 5.97 Å². The van der Waals surface area contributed by atoms with Crippen LogP contribution in [0.1, 0.15) is 15.9 Å². The molecule has 8 heteroatoms. The minimum absolute atomic E-state index is 0.264. The maximum Gasteiger partial charge on any atom is 0.343 e. The van der Waals surface area contributed by atoms with E-state index in [-0.39, 0.29) is 11.3 Å². The Balaban J connectivity index is 1.51. The van der Waals surface area contributed by atoms with Gasteiger partial charge < -0.3 is 9.47 Å². The van der Waals surface area contributed by atoms with Crippen LogP contribution in [0.15, 0.2) is 107 Å². The van der Waals surface area contributed by atoms with Crippen LogP contribution >= 0.6 is 11.6 Å². The van der Waals surface area contributed by atoms with Gasteiger partial charge in [-0.05, 0) is 72.3 Å². The van der Waals surface area contributed by atoms with Gasteiger partial charge in [-0.3, -0.25) is 4.79 Å². The van der Waals surface area contributed by atoms with Gasteiger partial charge in [-0.2, -0.15) is 9.78 Å². The Bertz CT molecular complexity index is 1680. The minimum Gasteiger partial charge on any atom is -0.493 e. The molecular weight excluding hydrogens is 490 g/mol. The van der Waals surface area contributed by atoms with E-state index in [0.717, 1.165) is 0 Å². The van der Waals surface area contributed by atoms with E-state index in [4.69, 9.17) is 21.1 Å². The summed E-state index contributed by atoms with van der Waals surface area (Å²) >= 11 is 6.05. The lowest BCUT2D eigenvalue weighted by molar-refractivity contribution is 0.0729. The number of carbonyl (C=O) groups excluding carboxylic acids is 1. The van der Waals surface area contributed by atoms with Gasteiger partial charge in [-0.1, -0.05) is 41.9 Å². The Hall–Kier alpha value is -4.75. The molecule has 0 aliphatic carbocycles. The number of methoxy groups -OCH3 is 1. The SMILES string of the molecule is COc1cc(C=Nn2c(-c3ccc(Cl)cc3)nc3ccccc3c2=O)ccc1OC(=O)c1ccccc1. The van der Waals surface area contributed by atoms with E-state index in [9.17, 15) is 9.59 Å². The maximum absolute atomic E-state index is 13.3. The average Bonchev–Trinajstić information content (AvgIpc) is 2.94. The zero-order valence-corrected chi connectivity index (χ0v) is 20.4. The normalized spacial score (nSPS) is 11.1. The van der Waals surface area contributed by atoms with E-state index in [1.807, 2.05) is 12.1 Å². The molecule has 5 aromatic rings. The molecule has 0 atom stereocenters. The topological polar surface area (TPSA) is 82.8 Å². The summed E-state index contributed by atoms with van der Waals surface area (Å²) in [6, 6.07) is 27.8. The van der Waals surface area contributed by atoms with Crippen molar-refractivity contribution in [2.45, 2.75) is 0 Å². The summed E-state index contributed by atoms with van der Waals surface area (Å²) in [5, 5.41) is 5.47. The predicted molar refractivity (Wildman–Crippen MR) is 144 cm³/mol. The van der Waals surface area contributed by atoms with Crippen molar-refractivity contribution in [3.63, 3.8) is 0 Å². The van der Waals surface area contributed by atoms with E-state index in [1.165, 1.54) is 18.0 Å². The van der Waals surface area contributed by atoms with Gasteiger partial charge in [-0.15, -0.1) is 0 Å². The summed E-state index contributed by atoms with van der Waals surface area (Å²) < 4.78 is 12.2. The highest BCUT2D eigenvalue weighted by atomic mass is 35.5. The van der Waals surface area contributed by atoms with Gasteiger partial charge in [0.25, 0.3) is 5.56 Å². The molecule has 0 amide bonds.